The van der Waals surface area contributed by atoms with Crippen LogP contribution in [0.1, 0.15) is 60.0 Å². The van der Waals surface area contributed by atoms with Gasteiger partial charge in [0.15, 0.2) is 0 Å². The summed E-state index contributed by atoms with van der Waals surface area (Å²) in [6, 6.07) is 35.2. The molecule has 8 rings (SSSR count). The Balaban J connectivity index is 1.42. The molecule has 4 heterocycles. The van der Waals surface area contributed by atoms with Crippen LogP contribution < -0.4 is 9.64 Å². The van der Waals surface area contributed by atoms with Crippen molar-refractivity contribution in [1.29, 1.82) is 0 Å². The van der Waals surface area contributed by atoms with E-state index < -0.39 is 5.41 Å². The van der Waals surface area contributed by atoms with Crippen LogP contribution >= 0.6 is 0 Å². The Kier molecular flexibility index (Phi) is 6.55. The van der Waals surface area contributed by atoms with E-state index in [0.717, 1.165) is 35.0 Å². The van der Waals surface area contributed by atoms with Crippen LogP contribution in [-0.4, -0.2) is 33.0 Å². The quantitative estimate of drug-likeness (QED) is 0.193. The summed E-state index contributed by atoms with van der Waals surface area (Å²) < 4.78 is 8.90. The van der Waals surface area contributed by atoms with Crippen LogP contribution in [0.5, 0.6) is 11.8 Å². The van der Waals surface area contributed by atoms with Crippen molar-refractivity contribution >= 4 is 11.3 Å². The van der Waals surface area contributed by atoms with Crippen LogP contribution in [0.2, 0.25) is 0 Å². The number of rotatable bonds is 5. The number of anilines is 1. The van der Waals surface area contributed by atoms with E-state index in [1.807, 2.05) is 6.20 Å². The highest BCUT2D eigenvalue weighted by Gasteiger charge is 2.47. The van der Waals surface area contributed by atoms with Gasteiger partial charge < -0.3 is 14.5 Å². The van der Waals surface area contributed by atoms with Crippen molar-refractivity contribution in [1.82, 2.24) is 19.3 Å². The number of aromatic nitrogens is 3. The van der Waals surface area contributed by atoms with Gasteiger partial charge >= 0.3 is 0 Å². The average molecular weight is 618 g/mol. The maximum atomic E-state index is 6.78. The summed E-state index contributed by atoms with van der Waals surface area (Å²) in [7, 11) is 2.10. The molecular formula is C41H39N5O. The molecule has 0 radical (unpaired) electrons. The Labute approximate surface area is 276 Å². The van der Waals surface area contributed by atoms with E-state index in [-0.39, 0.29) is 5.41 Å². The van der Waals surface area contributed by atoms with Crippen LogP contribution in [0.4, 0.5) is 5.69 Å². The Morgan fingerprint density at radius 1 is 0.766 bits per heavy atom. The predicted molar refractivity (Wildman–Crippen MR) is 189 cm³/mol. The van der Waals surface area contributed by atoms with Gasteiger partial charge in [0.25, 0.3) is 0 Å². The van der Waals surface area contributed by atoms with Crippen molar-refractivity contribution in [2.45, 2.75) is 45.4 Å². The van der Waals surface area contributed by atoms with Crippen LogP contribution in [0.25, 0.3) is 16.8 Å². The number of nitrogens with zero attached hydrogens (tertiary/aromatic N) is 5. The zero-order valence-electron chi connectivity index (χ0n) is 27.8. The predicted octanol–water partition coefficient (Wildman–Crippen LogP) is 8.98. The molecule has 6 heteroatoms. The fourth-order valence-electron chi connectivity index (χ4n) is 7.36. The Bertz CT molecular complexity index is 2160. The number of ether oxygens (including phenoxy) is 1. The highest BCUT2D eigenvalue weighted by molar-refractivity contribution is 5.87. The molecule has 0 amide bonds. The summed E-state index contributed by atoms with van der Waals surface area (Å²) in [6.07, 6.45) is 6.10. The molecule has 1 aliphatic carbocycles. The Hall–Kier alpha value is -5.36. The van der Waals surface area contributed by atoms with Crippen LogP contribution in [0.3, 0.4) is 0 Å². The van der Waals surface area contributed by atoms with Crippen molar-refractivity contribution in [3.8, 4) is 22.9 Å². The van der Waals surface area contributed by atoms with Gasteiger partial charge in [-0.05, 0) is 82.5 Å². The molecule has 0 bridgehead atoms. The van der Waals surface area contributed by atoms with E-state index in [2.05, 4.69) is 170 Å². The molecule has 0 spiro atoms. The molecule has 0 fully saturated rings. The lowest BCUT2D eigenvalue weighted by molar-refractivity contribution is 0.432. The van der Waals surface area contributed by atoms with E-state index >= 15 is 0 Å². The molecular weight excluding hydrogens is 578 g/mol. The monoisotopic (exact) mass is 617 g/mol. The van der Waals surface area contributed by atoms with Gasteiger partial charge in [-0.15, -0.1) is 0 Å². The maximum Gasteiger partial charge on any atom is 0.221 e. The number of fused-ring (bicyclic) bond motifs is 4. The summed E-state index contributed by atoms with van der Waals surface area (Å²) in [5.74, 6) is 1.26. The molecule has 6 nitrogen and oxygen atoms in total. The van der Waals surface area contributed by atoms with Crippen molar-refractivity contribution in [3.05, 3.63) is 155 Å². The molecule has 1 aliphatic heterocycles. The molecule has 234 valence electrons. The largest absolute Gasteiger partial charge is 0.422 e. The second-order valence-corrected chi connectivity index (χ2v) is 13.9. The SMILES string of the molecule is Cc1nc2cc(C3(c4cccc(N5C=CN(C)C5)c4)c4ccccc4-c4ccccc43)cc(Oc3cc(C(C)(C)C)ccn3)n2c1C. The first kappa shape index (κ1) is 29.1. The fourth-order valence-corrected chi connectivity index (χ4v) is 7.36. The number of hydrogen-bond donors (Lipinski definition) is 0. The maximum absolute atomic E-state index is 6.78. The van der Waals surface area contributed by atoms with Gasteiger partial charge in [-0.25, -0.2) is 9.97 Å². The van der Waals surface area contributed by atoms with Crippen molar-refractivity contribution in [2.24, 2.45) is 0 Å². The molecule has 3 aromatic carbocycles. The number of aryl methyl sites for hydroxylation is 2. The summed E-state index contributed by atoms with van der Waals surface area (Å²) >= 11 is 0. The molecule has 47 heavy (non-hydrogen) atoms. The topological polar surface area (TPSA) is 45.9 Å². The third-order valence-electron chi connectivity index (χ3n) is 9.84. The molecule has 3 aromatic heterocycles. The summed E-state index contributed by atoms with van der Waals surface area (Å²) in [5, 5.41) is 0. The number of hydrogen-bond acceptors (Lipinski definition) is 5. The highest BCUT2D eigenvalue weighted by atomic mass is 16.5. The van der Waals surface area contributed by atoms with Gasteiger partial charge in [-0.3, -0.25) is 4.40 Å². The van der Waals surface area contributed by atoms with E-state index in [9.17, 15) is 0 Å². The first-order chi connectivity index (χ1) is 22.6. The minimum atomic E-state index is -0.618. The summed E-state index contributed by atoms with van der Waals surface area (Å²) in [5.41, 5.74) is 11.8. The molecule has 0 saturated carbocycles. The van der Waals surface area contributed by atoms with Crippen LogP contribution in [0.15, 0.2) is 116 Å². The molecule has 2 aliphatic rings. The Morgan fingerprint density at radius 3 is 2.17 bits per heavy atom. The number of benzene rings is 3. The molecule has 0 atom stereocenters. The third kappa shape index (κ3) is 4.54. The lowest BCUT2D eigenvalue weighted by atomic mass is 9.67. The van der Waals surface area contributed by atoms with Gasteiger partial charge in [0.1, 0.15) is 5.65 Å². The lowest BCUT2D eigenvalue weighted by Gasteiger charge is -2.35. The van der Waals surface area contributed by atoms with Crippen LogP contribution in [0, 0.1) is 13.8 Å². The standard InChI is InChI=1S/C41H39N5O/c1-27-28(2)46-37(43-27)23-31(25-39(46)47-38-24-29(18-19-42-38)40(3,4)5)41(30-12-11-13-32(22-30)45-21-20-44(6)26-45)35-16-9-7-14-33(35)34-15-8-10-17-36(34)41/h7-25H,26H2,1-6H3. The second-order valence-electron chi connectivity index (χ2n) is 13.9. The van der Waals surface area contributed by atoms with Crippen molar-refractivity contribution < 1.29 is 4.74 Å². The average Bonchev–Trinajstić information content (AvgIpc) is 3.73. The van der Waals surface area contributed by atoms with Gasteiger partial charge in [0.05, 0.1) is 17.8 Å². The van der Waals surface area contributed by atoms with Gasteiger partial charge in [-0.2, -0.15) is 0 Å². The zero-order valence-corrected chi connectivity index (χ0v) is 27.8. The summed E-state index contributed by atoms with van der Waals surface area (Å²) in [6.45, 7) is 11.6. The number of imidazole rings is 1. The smallest absolute Gasteiger partial charge is 0.221 e. The first-order valence-electron chi connectivity index (χ1n) is 16.2. The van der Waals surface area contributed by atoms with Crippen LogP contribution in [-0.2, 0) is 10.8 Å². The van der Waals surface area contributed by atoms with Gasteiger partial charge in [0, 0.05) is 49.2 Å². The summed E-state index contributed by atoms with van der Waals surface area (Å²) in [4.78, 5) is 14.2. The highest BCUT2D eigenvalue weighted by Crippen LogP contribution is 2.57. The fraction of sp³-hybridized carbons (Fsp3) is 0.220. The van der Waals surface area contributed by atoms with E-state index in [4.69, 9.17) is 9.72 Å². The zero-order chi connectivity index (χ0) is 32.5. The minimum absolute atomic E-state index is 0.0363. The third-order valence-corrected chi connectivity index (χ3v) is 9.84. The molecule has 0 saturated heterocycles. The van der Waals surface area contributed by atoms with E-state index in [1.54, 1.807) is 0 Å². The van der Waals surface area contributed by atoms with E-state index in [1.165, 1.54) is 33.4 Å². The lowest BCUT2D eigenvalue weighted by Crippen LogP contribution is -2.29. The molecule has 6 aromatic rings. The molecule has 0 N–H and O–H groups in total. The van der Waals surface area contributed by atoms with Crippen molar-refractivity contribution in [3.63, 3.8) is 0 Å². The first-order valence-corrected chi connectivity index (χ1v) is 16.2. The number of pyridine rings is 2. The van der Waals surface area contributed by atoms with Gasteiger partial charge in [0.2, 0.25) is 11.8 Å². The second kappa shape index (κ2) is 10.6. The van der Waals surface area contributed by atoms with Crippen molar-refractivity contribution in [2.75, 3.05) is 18.6 Å². The van der Waals surface area contributed by atoms with Gasteiger partial charge in [-0.1, -0.05) is 81.4 Å². The van der Waals surface area contributed by atoms with E-state index in [0.29, 0.717) is 11.8 Å². The Morgan fingerprint density at radius 2 is 1.49 bits per heavy atom. The molecule has 0 unspecified atom stereocenters. The minimum Gasteiger partial charge on any atom is -0.422 e. The normalized spacial score (nSPS) is 14.9.